The summed E-state index contributed by atoms with van der Waals surface area (Å²) in [7, 11) is 0. The third kappa shape index (κ3) is 6.97. The summed E-state index contributed by atoms with van der Waals surface area (Å²) < 4.78 is 11.8. The van der Waals surface area contributed by atoms with Crippen molar-refractivity contribution in [3.63, 3.8) is 0 Å². The van der Waals surface area contributed by atoms with E-state index in [0.717, 1.165) is 43.3 Å². The lowest BCUT2D eigenvalue weighted by molar-refractivity contribution is -0.143. The Morgan fingerprint density at radius 2 is 2.00 bits per heavy atom. The number of rotatable bonds is 6. The first-order chi connectivity index (χ1) is 13.6. The molecule has 162 valence electrons. The number of aliphatic hydroxyl groups excluding tert-OH is 1. The van der Waals surface area contributed by atoms with Gasteiger partial charge in [-0.05, 0) is 83.8 Å². The zero-order valence-electron chi connectivity index (χ0n) is 19.0. The molecule has 4 heteroatoms. The molecule has 1 aliphatic heterocycles. The predicted molar refractivity (Wildman–Crippen MR) is 118 cm³/mol. The molecule has 0 aromatic carbocycles. The molecule has 1 fully saturated rings. The van der Waals surface area contributed by atoms with Crippen LogP contribution in [0.3, 0.4) is 0 Å². The minimum atomic E-state index is -0.507. The molecule has 0 bridgehead atoms. The first-order valence-corrected chi connectivity index (χ1v) is 10.7. The van der Waals surface area contributed by atoms with Crippen molar-refractivity contribution in [3.8, 4) is 0 Å². The fourth-order valence-electron chi connectivity index (χ4n) is 3.81. The van der Waals surface area contributed by atoms with Crippen molar-refractivity contribution in [3.05, 3.63) is 47.1 Å². The molecule has 1 heterocycles. The molecule has 2 rings (SSSR count). The fraction of sp³-hybridized carbons (Fsp3) is 0.640. The van der Waals surface area contributed by atoms with Crippen molar-refractivity contribution in [2.45, 2.75) is 91.5 Å². The van der Waals surface area contributed by atoms with E-state index < -0.39 is 11.7 Å². The van der Waals surface area contributed by atoms with Gasteiger partial charge < -0.3 is 14.6 Å². The molecule has 0 amide bonds. The van der Waals surface area contributed by atoms with E-state index in [0.29, 0.717) is 0 Å². The van der Waals surface area contributed by atoms with Crippen molar-refractivity contribution in [2.24, 2.45) is 5.41 Å². The Morgan fingerprint density at radius 1 is 1.28 bits per heavy atom. The molecule has 2 aliphatic rings. The summed E-state index contributed by atoms with van der Waals surface area (Å²) in [6, 6.07) is 0. The minimum absolute atomic E-state index is 0.0293. The van der Waals surface area contributed by atoms with Gasteiger partial charge in [0, 0.05) is 6.08 Å². The molecule has 1 aliphatic carbocycles. The van der Waals surface area contributed by atoms with Crippen LogP contribution in [0, 0.1) is 5.41 Å². The summed E-state index contributed by atoms with van der Waals surface area (Å²) in [5.74, 6) is -0.328. The van der Waals surface area contributed by atoms with E-state index in [1.54, 1.807) is 0 Å². The van der Waals surface area contributed by atoms with Crippen LogP contribution < -0.4 is 0 Å². The van der Waals surface area contributed by atoms with Gasteiger partial charge in [-0.3, -0.25) is 0 Å². The molecular weight excluding hydrogens is 364 g/mol. The highest BCUT2D eigenvalue weighted by Crippen LogP contribution is 2.45. The van der Waals surface area contributed by atoms with Crippen LogP contribution in [0.2, 0.25) is 0 Å². The van der Waals surface area contributed by atoms with E-state index >= 15 is 0 Å². The van der Waals surface area contributed by atoms with E-state index in [-0.39, 0.29) is 24.1 Å². The van der Waals surface area contributed by atoms with Gasteiger partial charge in [-0.2, -0.15) is 0 Å². The Bertz CT molecular complexity index is 706. The molecular formula is C25H38O4. The number of esters is 1. The maximum absolute atomic E-state index is 12.3. The van der Waals surface area contributed by atoms with Crippen LogP contribution in [-0.2, 0) is 14.3 Å². The topological polar surface area (TPSA) is 59.1 Å². The SMILES string of the molecule is CC(C)=CCC[C@]1(C)C=CC(OC(=O)C=C(C)C)[C@]2(C)OC2CC/C(CO)=C\C1. The van der Waals surface area contributed by atoms with E-state index in [1.807, 2.05) is 26.8 Å². The number of hydrogen-bond donors (Lipinski definition) is 1. The summed E-state index contributed by atoms with van der Waals surface area (Å²) in [6.45, 7) is 12.3. The number of epoxide rings is 1. The highest BCUT2D eigenvalue weighted by molar-refractivity contribution is 5.83. The minimum Gasteiger partial charge on any atom is -0.452 e. The lowest BCUT2D eigenvalue weighted by Gasteiger charge is -2.26. The quantitative estimate of drug-likeness (QED) is 0.278. The summed E-state index contributed by atoms with van der Waals surface area (Å²) in [6.07, 6.45) is 14.2. The Hall–Kier alpha value is -1.65. The number of hydrogen-bond acceptors (Lipinski definition) is 4. The van der Waals surface area contributed by atoms with Crippen LogP contribution in [0.1, 0.15) is 73.6 Å². The summed E-state index contributed by atoms with van der Waals surface area (Å²) in [5, 5.41) is 9.77. The number of carbonyl (C=O) groups excluding carboxylic acids is 1. The summed E-state index contributed by atoms with van der Waals surface area (Å²) in [5.41, 5.74) is 2.70. The van der Waals surface area contributed by atoms with Crippen LogP contribution in [0.5, 0.6) is 0 Å². The number of ether oxygens (including phenoxy) is 2. The highest BCUT2D eigenvalue weighted by Gasteiger charge is 2.58. The van der Waals surface area contributed by atoms with Gasteiger partial charge in [-0.1, -0.05) is 36.3 Å². The predicted octanol–water partition coefficient (Wildman–Crippen LogP) is 5.43. The second kappa shape index (κ2) is 9.90. The molecule has 29 heavy (non-hydrogen) atoms. The van der Waals surface area contributed by atoms with Crippen LogP contribution in [0.25, 0.3) is 0 Å². The average Bonchev–Trinajstić information content (AvgIpc) is 3.28. The van der Waals surface area contributed by atoms with Crippen LogP contribution >= 0.6 is 0 Å². The maximum Gasteiger partial charge on any atom is 0.331 e. The van der Waals surface area contributed by atoms with Crippen molar-refractivity contribution < 1.29 is 19.4 Å². The van der Waals surface area contributed by atoms with Crippen LogP contribution in [-0.4, -0.2) is 35.5 Å². The normalized spacial score (nSPS) is 33.4. The van der Waals surface area contributed by atoms with Gasteiger partial charge in [0.2, 0.25) is 0 Å². The molecule has 1 N–H and O–H groups in total. The number of allylic oxidation sites excluding steroid dienone is 5. The van der Waals surface area contributed by atoms with Gasteiger partial charge in [-0.15, -0.1) is 0 Å². The standard InChI is InChI=1S/C25H38O4/c1-18(2)8-7-13-24(5)14-11-20(17-26)9-10-22-25(6,29-22)21(12-15-24)28-23(27)16-19(3)4/h8,11-12,15-16,21-22,26H,7,9-10,13-14,17H2,1-6H3/b15-12?,20-11+/t21?,22?,24-,25-/m0/s1. The highest BCUT2D eigenvalue weighted by atomic mass is 16.6. The molecule has 0 radical (unpaired) electrons. The Morgan fingerprint density at radius 3 is 2.62 bits per heavy atom. The van der Waals surface area contributed by atoms with Gasteiger partial charge >= 0.3 is 5.97 Å². The second-order valence-electron chi connectivity index (χ2n) is 9.47. The summed E-state index contributed by atoms with van der Waals surface area (Å²) in [4.78, 5) is 12.3. The molecule has 1 saturated heterocycles. The first kappa shape index (κ1) is 23.6. The largest absolute Gasteiger partial charge is 0.452 e. The zero-order chi connectivity index (χ0) is 21.7. The van der Waals surface area contributed by atoms with Gasteiger partial charge in [-0.25, -0.2) is 4.79 Å². The maximum atomic E-state index is 12.3. The Labute approximate surface area is 176 Å². The first-order valence-electron chi connectivity index (χ1n) is 10.7. The van der Waals surface area contributed by atoms with Gasteiger partial charge in [0.1, 0.15) is 5.60 Å². The van der Waals surface area contributed by atoms with E-state index in [4.69, 9.17) is 9.47 Å². The average molecular weight is 403 g/mol. The van der Waals surface area contributed by atoms with Crippen molar-refractivity contribution >= 4 is 5.97 Å². The molecule has 0 aromatic heterocycles. The molecule has 0 spiro atoms. The molecule has 4 nitrogen and oxygen atoms in total. The Kier molecular flexibility index (Phi) is 8.07. The molecule has 2 unspecified atom stereocenters. The number of aliphatic hydroxyl groups is 1. The third-order valence-corrected chi connectivity index (χ3v) is 5.92. The monoisotopic (exact) mass is 402 g/mol. The zero-order valence-corrected chi connectivity index (χ0v) is 19.0. The lowest BCUT2D eigenvalue weighted by Crippen LogP contribution is -2.32. The van der Waals surface area contributed by atoms with E-state index in [2.05, 4.69) is 39.0 Å². The van der Waals surface area contributed by atoms with Crippen molar-refractivity contribution in [1.29, 1.82) is 0 Å². The lowest BCUT2D eigenvalue weighted by atomic mass is 9.80. The van der Waals surface area contributed by atoms with Gasteiger partial charge in [0.05, 0.1) is 12.7 Å². The van der Waals surface area contributed by atoms with Crippen molar-refractivity contribution in [2.75, 3.05) is 6.61 Å². The smallest absolute Gasteiger partial charge is 0.331 e. The molecule has 0 aromatic rings. The van der Waals surface area contributed by atoms with Crippen molar-refractivity contribution in [1.82, 2.24) is 0 Å². The summed E-state index contributed by atoms with van der Waals surface area (Å²) >= 11 is 0. The number of fused-ring (bicyclic) bond motifs is 1. The number of carbonyl (C=O) groups is 1. The van der Waals surface area contributed by atoms with Crippen LogP contribution in [0.4, 0.5) is 0 Å². The second-order valence-corrected chi connectivity index (χ2v) is 9.47. The molecule has 0 saturated carbocycles. The third-order valence-electron chi connectivity index (χ3n) is 5.92. The molecule has 4 atom stereocenters. The fourth-order valence-corrected chi connectivity index (χ4v) is 3.81. The van der Waals surface area contributed by atoms with Gasteiger partial charge in [0.15, 0.2) is 6.10 Å². The Balaban J connectivity index is 2.30. The van der Waals surface area contributed by atoms with Crippen LogP contribution in [0.15, 0.2) is 47.1 Å². The van der Waals surface area contributed by atoms with E-state index in [1.165, 1.54) is 11.6 Å². The van der Waals surface area contributed by atoms with E-state index in [9.17, 15) is 9.90 Å². The van der Waals surface area contributed by atoms with Gasteiger partial charge in [0.25, 0.3) is 0 Å².